The molecule has 2 fully saturated rings. The highest BCUT2D eigenvalue weighted by Crippen LogP contribution is 2.38. The summed E-state index contributed by atoms with van der Waals surface area (Å²) >= 11 is 1.78. The van der Waals surface area contributed by atoms with Gasteiger partial charge in [0.05, 0.1) is 28.4 Å². The molecule has 0 unspecified atom stereocenters. The molecule has 2 aliphatic rings. The van der Waals surface area contributed by atoms with Crippen LogP contribution in [-0.2, 0) is 4.74 Å². The first-order valence-corrected chi connectivity index (χ1v) is 11.1. The van der Waals surface area contributed by atoms with Crippen molar-refractivity contribution in [3.8, 4) is 0 Å². The maximum absolute atomic E-state index is 11.0. The maximum atomic E-state index is 11.0. The van der Waals surface area contributed by atoms with E-state index in [4.69, 9.17) is 9.73 Å². The van der Waals surface area contributed by atoms with Crippen LogP contribution < -0.4 is 0 Å². The number of nitrogens with zero attached hydrogens (tertiary/aromatic N) is 3. The summed E-state index contributed by atoms with van der Waals surface area (Å²) < 4.78 is 6.29. The summed E-state index contributed by atoms with van der Waals surface area (Å²) in [5.41, 5.74) is 1.57. The molecule has 1 saturated carbocycles. The van der Waals surface area contributed by atoms with Gasteiger partial charge >= 0.3 is 0 Å². The van der Waals surface area contributed by atoms with Crippen LogP contribution >= 0.6 is 11.8 Å². The number of benzene rings is 1. The van der Waals surface area contributed by atoms with E-state index in [9.17, 15) is 10.1 Å². The van der Waals surface area contributed by atoms with E-state index in [0.717, 1.165) is 22.2 Å². The largest absolute Gasteiger partial charge is 0.371 e. The van der Waals surface area contributed by atoms with Crippen molar-refractivity contribution in [3.63, 3.8) is 0 Å². The summed E-state index contributed by atoms with van der Waals surface area (Å²) in [4.78, 5) is 18.1. The van der Waals surface area contributed by atoms with Crippen LogP contribution in [0.5, 0.6) is 0 Å². The Hall–Kier alpha value is -1.60. The van der Waals surface area contributed by atoms with E-state index in [1.807, 2.05) is 6.92 Å². The summed E-state index contributed by atoms with van der Waals surface area (Å²) in [5, 5.41) is 12.0. The minimum absolute atomic E-state index is 0.109. The highest BCUT2D eigenvalue weighted by molar-refractivity contribution is 8.14. The number of hydrogen-bond donors (Lipinski definition) is 0. The quantitative estimate of drug-likeness (QED) is 0.481. The van der Waals surface area contributed by atoms with Crippen LogP contribution in [-0.4, -0.2) is 44.5 Å². The third-order valence-corrected chi connectivity index (χ3v) is 6.44. The lowest BCUT2D eigenvalue weighted by molar-refractivity contribution is -0.384. The van der Waals surface area contributed by atoms with Gasteiger partial charge in [0.15, 0.2) is 5.17 Å². The van der Waals surface area contributed by atoms with Gasteiger partial charge in [-0.2, -0.15) is 0 Å². The molecule has 2 atom stereocenters. The van der Waals surface area contributed by atoms with Crippen LogP contribution in [0.3, 0.4) is 0 Å². The topological polar surface area (TPSA) is 68.0 Å². The van der Waals surface area contributed by atoms with Crippen LogP contribution in [0, 0.1) is 17.0 Å². The molecular weight excluding hydrogens is 374 g/mol. The molecule has 1 heterocycles. The minimum Gasteiger partial charge on any atom is -0.371 e. The van der Waals surface area contributed by atoms with E-state index in [1.54, 1.807) is 23.9 Å². The molecule has 1 saturated heterocycles. The number of non-ortho nitro benzene ring substituents is 1. The molecule has 1 aliphatic heterocycles. The van der Waals surface area contributed by atoms with E-state index < -0.39 is 0 Å². The lowest BCUT2D eigenvalue weighted by Crippen LogP contribution is -2.48. The van der Waals surface area contributed by atoms with E-state index in [0.29, 0.717) is 12.1 Å². The minimum atomic E-state index is -0.360. The predicted molar refractivity (Wildman–Crippen MR) is 116 cm³/mol. The number of nitro groups is 1. The van der Waals surface area contributed by atoms with E-state index in [2.05, 4.69) is 32.6 Å². The van der Waals surface area contributed by atoms with Crippen molar-refractivity contribution in [3.05, 3.63) is 33.9 Å². The Labute approximate surface area is 171 Å². The van der Waals surface area contributed by atoms with Crippen molar-refractivity contribution in [2.45, 2.75) is 84.1 Å². The Bertz CT molecular complexity index is 754. The molecule has 0 amide bonds. The number of ether oxygens (including phenoxy) is 1. The molecule has 3 rings (SSSR count). The molecule has 154 valence electrons. The number of hydrogen-bond acceptors (Lipinski definition) is 5. The number of nitro benzene ring substituents is 1. The first-order chi connectivity index (χ1) is 13.2. The van der Waals surface area contributed by atoms with Crippen LogP contribution in [0.1, 0.15) is 58.9 Å². The number of aryl methyl sites for hydroxylation is 1. The molecule has 1 aromatic carbocycles. The summed E-state index contributed by atoms with van der Waals surface area (Å²) in [7, 11) is 0. The monoisotopic (exact) mass is 405 g/mol. The molecule has 1 aromatic rings. The fourth-order valence-corrected chi connectivity index (χ4v) is 5.48. The van der Waals surface area contributed by atoms with E-state index in [-0.39, 0.29) is 22.3 Å². The number of aliphatic imine (C=N–C) groups is 1. The summed E-state index contributed by atoms with van der Waals surface area (Å²) in [5.74, 6) is 0.957. The molecule has 6 nitrogen and oxygen atoms in total. The molecule has 0 aromatic heterocycles. The molecule has 0 bridgehead atoms. The smallest absolute Gasteiger partial charge is 0.269 e. The van der Waals surface area contributed by atoms with Crippen molar-refractivity contribution in [1.29, 1.82) is 0 Å². The lowest BCUT2D eigenvalue weighted by atomic mass is 10.1. The second-order valence-corrected chi connectivity index (χ2v) is 9.77. The number of thioether (sulfide) groups is 1. The summed E-state index contributed by atoms with van der Waals surface area (Å²) in [6, 6.07) is 5.69. The van der Waals surface area contributed by atoms with Crippen LogP contribution in [0.25, 0.3) is 0 Å². The zero-order valence-corrected chi connectivity index (χ0v) is 18.3. The molecule has 1 aliphatic carbocycles. The highest BCUT2D eigenvalue weighted by Gasteiger charge is 2.40. The normalized spacial score (nSPS) is 23.5. The van der Waals surface area contributed by atoms with Gasteiger partial charge in [-0.05, 0) is 59.1 Å². The first-order valence-electron chi connectivity index (χ1n) is 10.1. The first kappa shape index (κ1) is 21.1. The Balaban J connectivity index is 1.89. The average Bonchev–Trinajstić information content (AvgIpc) is 3.24. The molecule has 0 radical (unpaired) electrons. The van der Waals surface area contributed by atoms with Crippen molar-refractivity contribution in [2.75, 3.05) is 5.75 Å². The summed E-state index contributed by atoms with van der Waals surface area (Å²) in [6.07, 6.45) is 5.02. The molecule has 7 heteroatoms. The lowest BCUT2D eigenvalue weighted by Gasteiger charge is -2.37. The van der Waals surface area contributed by atoms with E-state index >= 15 is 0 Å². The zero-order chi connectivity index (χ0) is 20.5. The molecular formula is C21H31N3O3S. The number of rotatable bonds is 5. The van der Waals surface area contributed by atoms with Gasteiger partial charge in [-0.15, -0.1) is 0 Å². The van der Waals surface area contributed by atoms with Crippen molar-refractivity contribution in [2.24, 2.45) is 4.99 Å². The molecule has 0 spiro atoms. The Kier molecular flexibility index (Phi) is 6.34. The van der Waals surface area contributed by atoms with Gasteiger partial charge in [0, 0.05) is 23.9 Å². The van der Waals surface area contributed by atoms with Crippen LogP contribution in [0.15, 0.2) is 23.2 Å². The fraction of sp³-hybridized carbons (Fsp3) is 0.667. The third-order valence-electron chi connectivity index (χ3n) is 5.37. The van der Waals surface area contributed by atoms with Gasteiger partial charge in [0.2, 0.25) is 0 Å². The van der Waals surface area contributed by atoms with Gasteiger partial charge in [0.25, 0.3) is 5.69 Å². The van der Waals surface area contributed by atoms with Gasteiger partial charge in [0.1, 0.15) is 0 Å². The molecule has 28 heavy (non-hydrogen) atoms. The van der Waals surface area contributed by atoms with Gasteiger partial charge in [-0.1, -0.05) is 24.6 Å². The SMILES string of the molecule is Cc1cc([N+](=O)[O-])ccc1N=C1SC[C@H]([C@@H](C)OC(C)(C)C)N1C1CCCC1. The summed E-state index contributed by atoms with van der Waals surface area (Å²) in [6.45, 7) is 10.3. The number of amidine groups is 1. The van der Waals surface area contributed by atoms with Gasteiger partial charge in [-0.3, -0.25) is 10.1 Å². The Morgan fingerprint density at radius 3 is 2.57 bits per heavy atom. The zero-order valence-electron chi connectivity index (χ0n) is 17.5. The van der Waals surface area contributed by atoms with Crippen molar-refractivity contribution in [1.82, 2.24) is 4.90 Å². The predicted octanol–water partition coefficient (Wildman–Crippen LogP) is 5.45. The van der Waals surface area contributed by atoms with Crippen molar-refractivity contribution >= 4 is 28.3 Å². The second kappa shape index (κ2) is 8.41. The van der Waals surface area contributed by atoms with Crippen LogP contribution in [0.4, 0.5) is 11.4 Å². The van der Waals surface area contributed by atoms with E-state index in [1.165, 1.54) is 31.7 Å². The van der Waals surface area contributed by atoms with Crippen molar-refractivity contribution < 1.29 is 9.66 Å². The van der Waals surface area contributed by atoms with Gasteiger partial charge in [-0.25, -0.2) is 4.99 Å². The Morgan fingerprint density at radius 2 is 2.00 bits per heavy atom. The third kappa shape index (κ3) is 4.87. The standard InChI is InChI=1S/C21H31N3O3S/c1-14-12-17(24(25)26)10-11-18(14)22-20-23(16-8-6-7-9-16)19(13-28-20)15(2)27-21(3,4)5/h10-12,15-16,19H,6-9,13H2,1-5H3/t15-,19-/m1/s1. The van der Waals surface area contributed by atoms with Crippen LogP contribution in [0.2, 0.25) is 0 Å². The van der Waals surface area contributed by atoms with Gasteiger partial charge < -0.3 is 9.64 Å². The fourth-order valence-electron chi connectivity index (χ4n) is 4.14. The average molecular weight is 406 g/mol. The molecule has 0 N–H and O–H groups in total. The Morgan fingerprint density at radius 1 is 1.32 bits per heavy atom. The second-order valence-electron chi connectivity index (χ2n) is 8.78. The maximum Gasteiger partial charge on any atom is 0.269 e. The highest BCUT2D eigenvalue weighted by atomic mass is 32.2.